The molecule has 0 spiro atoms. The summed E-state index contributed by atoms with van der Waals surface area (Å²) in [6.07, 6.45) is 4.27. The fourth-order valence-corrected chi connectivity index (χ4v) is 2.31. The summed E-state index contributed by atoms with van der Waals surface area (Å²) in [7, 11) is 0. The molecule has 0 fully saturated rings. The maximum absolute atomic E-state index is 10.4. The highest BCUT2D eigenvalue weighted by Gasteiger charge is 2.03. The van der Waals surface area contributed by atoms with Crippen molar-refractivity contribution in [1.29, 1.82) is 0 Å². The van der Waals surface area contributed by atoms with Gasteiger partial charge in [-0.1, -0.05) is 6.07 Å². The van der Waals surface area contributed by atoms with E-state index in [0.717, 1.165) is 21.7 Å². The van der Waals surface area contributed by atoms with Crippen LogP contribution in [0.25, 0.3) is 6.08 Å². The van der Waals surface area contributed by atoms with Crippen molar-refractivity contribution < 1.29 is 14.6 Å². The quantitative estimate of drug-likeness (QED) is 0.857. The van der Waals surface area contributed by atoms with Crippen LogP contribution in [0.4, 0.5) is 0 Å². The highest BCUT2D eigenvalue weighted by atomic mass is 32.1. The van der Waals surface area contributed by atoms with Crippen molar-refractivity contribution in [2.75, 3.05) is 0 Å². The van der Waals surface area contributed by atoms with Crippen LogP contribution in [0.1, 0.15) is 21.0 Å². The van der Waals surface area contributed by atoms with Crippen molar-refractivity contribution in [3.05, 3.63) is 51.5 Å². The zero-order chi connectivity index (χ0) is 14.5. The average molecular weight is 289 g/mol. The highest BCUT2D eigenvalue weighted by Crippen LogP contribution is 2.20. The number of carbonyl (C=O) groups is 1. The van der Waals surface area contributed by atoms with Crippen LogP contribution >= 0.6 is 11.3 Å². The Labute approximate surface area is 121 Å². The second kappa shape index (κ2) is 6.34. The van der Waals surface area contributed by atoms with Gasteiger partial charge in [-0.05, 0) is 43.2 Å². The lowest BCUT2D eigenvalue weighted by Gasteiger charge is -2.06. The van der Waals surface area contributed by atoms with E-state index in [4.69, 9.17) is 9.84 Å². The number of aromatic nitrogens is 1. The topological polar surface area (TPSA) is 59.4 Å². The Morgan fingerprint density at radius 3 is 2.90 bits per heavy atom. The zero-order valence-electron chi connectivity index (χ0n) is 11.3. The summed E-state index contributed by atoms with van der Waals surface area (Å²) in [5, 5.41) is 9.37. The maximum Gasteiger partial charge on any atom is 0.328 e. The fourth-order valence-electron chi connectivity index (χ4n) is 1.57. The largest absolute Gasteiger partial charge is 0.486 e. The molecule has 20 heavy (non-hydrogen) atoms. The first-order chi connectivity index (χ1) is 9.54. The van der Waals surface area contributed by atoms with Crippen LogP contribution in [0.2, 0.25) is 0 Å². The summed E-state index contributed by atoms with van der Waals surface area (Å²) in [4.78, 5) is 15.4. The van der Waals surface area contributed by atoms with E-state index in [0.29, 0.717) is 6.61 Å². The predicted molar refractivity (Wildman–Crippen MR) is 79.0 cm³/mol. The van der Waals surface area contributed by atoms with E-state index >= 15 is 0 Å². The van der Waals surface area contributed by atoms with Crippen molar-refractivity contribution in [3.63, 3.8) is 0 Å². The first-order valence-electron chi connectivity index (χ1n) is 6.10. The molecule has 5 heteroatoms. The molecule has 0 saturated heterocycles. The monoisotopic (exact) mass is 289 g/mol. The third kappa shape index (κ3) is 3.93. The van der Waals surface area contributed by atoms with Gasteiger partial charge >= 0.3 is 5.97 Å². The normalized spacial score (nSPS) is 10.9. The molecule has 0 saturated carbocycles. The van der Waals surface area contributed by atoms with Gasteiger partial charge in [-0.25, -0.2) is 9.78 Å². The second-order valence-corrected chi connectivity index (χ2v) is 5.51. The first kappa shape index (κ1) is 14.3. The van der Waals surface area contributed by atoms with E-state index in [1.54, 1.807) is 6.20 Å². The van der Waals surface area contributed by atoms with Crippen LogP contribution in [0.15, 0.2) is 30.5 Å². The molecule has 0 aliphatic carbocycles. The molecule has 2 aromatic rings. The van der Waals surface area contributed by atoms with Gasteiger partial charge in [-0.3, -0.25) is 0 Å². The summed E-state index contributed by atoms with van der Waals surface area (Å²) >= 11 is 1.42. The summed E-state index contributed by atoms with van der Waals surface area (Å²) in [5.41, 5.74) is 2.42. The number of ether oxygens (including phenoxy) is 1. The van der Waals surface area contributed by atoms with Gasteiger partial charge in [0.2, 0.25) is 0 Å². The summed E-state index contributed by atoms with van der Waals surface area (Å²) in [5.74, 6) is -0.155. The molecular weight excluding hydrogens is 274 g/mol. The number of nitrogens with zero attached hydrogens (tertiary/aromatic N) is 1. The summed E-state index contributed by atoms with van der Waals surface area (Å²) in [6.45, 7) is 4.48. The minimum Gasteiger partial charge on any atom is -0.486 e. The molecule has 1 N–H and O–H groups in total. The first-order valence-corrected chi connectivity index (χ1v) is 6.92. The van der Waals surface area contributed by atoms with Gasteiger partial charge in [0.15, 0.2) is 0 Å². The van der Waals surface area contributed by atoms with Crippen LogP contribution in [-0.2, 0) is 11.4 Å². The van der Waals surface area contributed by atoms with Crippen molar-refractivity contribution in [1.82, 2.24) is 4.98 Å². The molecule has 0 radical (unpaired) electrons. The lowest BCUT2D eigenvalue weighted by atomic mass is 10.1. The Hall–Kier alpha value is -2.14. The molecule has 0 atom stereocenters. The third-order valence-corrected chi connectivity index (χ3v) is 3.74. The number of hydrogen-bond donors (Lipinski definition) is 1. The van der Waals surface area contributed by atoms with Crippen LogP contribution in [0.5, 0.6) is 5.75 Å². The molecule has 1 aromatic carbocycles. The molecule has 0 amide bonds. The summed E-state index contributed by atoms with van der Waals surface area (Å²) < 4.78 is 5.67. The number of aliphatic carboxylic acids is 1. The van der Waals surface area contributed by atoms with E-state index in [2.05, 4.69) is 11.9 Å². The fraction of sp³-hybridized carbons (Fsp3) is 0.200. The van der Waals surface area contributed by atoms with E-state index in [9.17, 15) is 4.79 Å². The van der Waals surface area contributed by atoms with E-state index in [1.807, 2.05) is 25.1 Å². The number of benzene rings is 1. The Bertz CT molecular complexity index is 646. The average Bonchev–Trinajstić information content (AvgIpc) is 2.86. The minimum atomic E-state index is -0.966. The van der Waals surface area contributed by atoms with E-state index < -0.39 is 5.97 Å². The van der Waals surface area contributed by atoms with E-state index in [1.165, 1.54) is 28.5 Å². The molecule has 4 nitrogen and oxygen atoms in total. The lowest BCUT2D eigenvalue weighted by Crippen LogP contribution is -1.95. The van der Waals surface area contributed by atoms with Crippen molar-refractivity contribution >= 4 is 23.4 Å². The number of rotatable bonds is 5. The molecule has 1 heterocycles. The smallest absolute Gasteiger partial charge is 0.328 e. The van der Waals surface area contributed by atoms with Crippen molar-refractivity contribution in [3.8, 4) is 5.75 Å². The number of thiazole rings is 1. The van der Waals surface area contributed by atoms with Gasteiger partial charge in [0, 0.05) is 17.2 Å². The number of carboxylic acid groups (broad SMARTS) is 1. The van der Waals surface area contributed by atoms with Gasteiger partial charge in [0.25, 0.3) is 0 Å². The van der Waals surface area contributed by atoms with Crippen LogP contribution in [0, 0.1) is 13.8 Å². The van der Waals surface area contributed by atoms with Crippen LogP contribution in [-0.4, -0.2) is 16.1 Å². The van der Waals surface area contributed by atoms with Gasteiger partial charge < -0.3 is 9.84 Å². The van der Waals surface area contributed by atoms with Crippen LogP contribution < -0.4 is 4.74 Å². The molecular formula is C15H15NO3S. The van der Waals surface area contributed by atoms with Crippen molar-refractivity contribution in [2.45, 2.75) is 20.5 Å². The molecule has 0 aliphatic rings. The molecule has 0 unspecified atom stereocenters. The Kier molecular flexibility index (Phi) is 4.53. The van der Waals surface area contributed by atoms with Crippen molar-refractivity contribution in [2.24, 2.45) is 0 Å². The third-order valence-electron chi connectivity index (χ3n) is 2.80. The molecule has 0 bridgehead atoms. The van der Waals surface area contributed by atoms with Gasteiger partial charge in [0.1, 0.15) is 17.4 Å². The van der Waals surface area contributed by atoms with E-state index in [-0.39, 0.29) is 0 Å². The number of aryl methyl sites for hydroxylation is 2. The summed E-state index contributed by atoms with van der Waals surface area (Å²) in [6, 6.07) is 5.95. The minimum absolute atomic E-state index is 0.383. The van der Waals surface area contributed by atoms with Gasteiger partial charge in [-0.2, -0.15) is 0 Å². The SMILES string of the molecule is Cc1ccc(OCc2ncc(/C=C/C(=O)O)s2)cc1C. The second-order valence-electron chi connectivity index (χ2n) is 4.36. The highest BCUT2D eigenvalue weighted by molar-refractivity contribution is 7.12. The van der Waals surface area contributed by atoms with Gasteiger partial charge in [0.05, 0.1) is 0 Å². The maximum atomic E-state index is 10.4. The zero-order valence-corrected chi connectivity index (χ0v) is 12.1. The number of carboxylic acids is 1. The lowest BCUT2D eigenvalue weighted by molar-refractivity contribution is -0.131. The Morgan fingerprint density at radius 2 is 2.20 bits per heavy atom. The Morgan fingerprint density at radius 1 is 1.40 bits per heavy atom. The predicted octanol–water partition coefficient (Wildman–Crippen LogP) is 3.44. The molecule has 1 aromatic heterocycles. The van der Waals surface area contributed by atoms with Crippen LogP contribution in [0.3, 0.4) is 0 Å². The molecule has 2 rings (SSSR count). The molecule has 104 valence electrons. The van der Waals surface area contributed by atoms with Gasteiger partial charge in [-0.15, -0.1) is 11.3 Å². The number of hydrogen-bond acceptors (Lipinski definition) is 4. The molecule has 0 aliphatic heterocycles. The Balaban J connectivity index is 1.97. The standard InChI is InChI=1S/C15H15NO3S/c1-10-3-4-12(7-11(10)2)19-9-14-16-8-13(20-14)5-6-15(17)18/h3-8H,9H2,1-2H3,(H,17,18)/b6-5+.